The highest BCUT2D eigenvalue weighted by Gasteiger charge is 2.17. The van der Waals surface area contributed by atoms with Crippen LogP contribution in [0.5, 0.6) is 0 Å². The number of carbonyl (C=O) groups excluding carboxylic acids is 2. The first-order valence-corrected chi connectivity index (χ1v) is 26.1. The fraction of sp³-hybridized carbons (Fsp3) is 0.719. The van der Waals surface area contributed by atoms with E-state index in [1.165, 1.54) is 109 Å². The zero-order valence-corrected chi connectivity index (χ0v) is 40.9. The van der Waals surface area contributed by atoms with Gasteiger partial charge in [0.15, 0.2) is 6.10 Å². The molecule has 5 nitrogen and oxygen atoms in total. The number of ether oxygens (including phenoxy) is 3. The summed E-state index contributed by atoms with van der Waals surface area (Å²) in [5.74, 6) is -0.422. The van der Waals surface area contributed by atoms with E-state index in [4.69, 9.17) is 14.2 Å². The van der Waals surface area contributed by atoms with Gasteiger partial charge in [-0.2, -0.15) is 0 Å². The van der Waals surface area contributed by atoms with Crippen LogP contribution in [0.1, 0.15) is 239 Å². The number of hydrogen-bond donors (Lipinski definition) is 0. The molecule has 0 fully saturated rings. The molecule has 0 aliphatic carbocycles. The summed E-state index contributed by atoms with van der Waals surface area (Å²) in [6.45, 7) is 7.60. The molecular formula is C57H98O5. The third-order valence-corrected chi connectivity index (χ3v) is 10.9. The highest BCUT2D eigenvalue weighted by atomic mass is 16.6. The number of unbranched alkanes of at least 4 members (excludes halogenated alkanes) is 22. The zero-order chi connectivity index (χ0) is 44.9. The van der Waals surface area contributed by atoms with Crippen molar-refractivity contribution in [3.63, 3.8) is 0 Å². The molecule has 0 saturated heterocycles. The van der Waals surface area contributed by atoms with Crippen molar-refractivity contribution in [1.29, 1.82) is 0 Å². The van der Waals surface area contributed by atoms with Gasteiger partial charge >= 0.3 is 11.9 Å². The Morgan fingerprint density at radius 2 is 0.726 bits per heavy atom. The van der Waals surface area contributed by atoms with Crippen molar-refractivity contribution in [1.82, 2.24) is 0 Å². The average molecular weight is 863 g/mol. The third kappa shape index (κ3) is 49.7. The maximum absolute atomic E-state index is 12.7. The molecule has 5 heteroatoms. The summed E-state index contributed by atoms with van der Waals surface area (Å²) in [5, 5.41) is 0. The van der Waals surface area contributed by atoms with Crippen LogP contribution in [0, 0.1) is 0 Å². The predicted molar refractivity (Wildman–Crippen MR) is 270 cm³/mol. The first-order chi connectivity index (χ1) is 30.6. The first-order valence-electron chi connectivity index (χ1n) is 26.1. The molecule has 0 aromatic rings. The molecule has 0 amide bonds. The van der Waals surface area contributed by atoms with Gasteiger partial charge in [0.1, 0.15) is 6.61 Å². The molecule has 62 heavy (non-hydrogen) atoms. The van der Waals surface area contributed by atoms with Crippen molar-refractivity contribution >= 4 is 11.9 Å². The van der Waals surface area contributed by atoms with Crippen LogP contribution in [0.25, 0.3) is 0 Å². The van der Waals surface area contributed by atoms with Crippen LogP contribution >= 0.6 is 0 Å². The van der Waals surface area contributed by atoms with Gasteiger partial charge in [-0.25, -0.2) is 0 Å². The van der Waals surface area contributed by atoms with Gasteiger partial charge in [-0.05, 0) is 96.3 Å². The molecule has 0 spiro atoms. The van der Waals surface area contributed by atoms with Crippen LogP contribution in [0.4, 0.5) is 0 Å². The van der Waals surface area contributed by atoms with Crippen molar-refractivity contribution < 1.29 is 23.8 Å². The zero-order valence-electron chi connectivity index (χ0n) is 40.9. The van der Waals surface area contributed by atoms with Crippen LogP contribution in [0.2, 0.25) is 0 Å². The number of hydrogen-bond acceptors (Lipinski definition) is 5. The van der Waals surface area contributed by atoms with Gasteiger partial charge in [-0.3, -0.25) is 9.59 Å². The smallest absolute Gasteiger partial charge is 0.306 e. The van der Waals surface area contributed by atoms with E-state index in [0.717, 1.165) is 96.3 Å². The largest absolute Gasteiger partial charge is 0.462 e. The van der Waals surface area contributed by atoms with Gasteiger partial charge in [0.2, 0.25) is 0 Å². The van der Waals surface area contributed by atoms with E-state index in [9.17, 15) is 9.59 Å². The molecule has 0 bridgehead atoms. The topological polar surface area (TPSA) is 61.8 Å². The Morgan fingerprint density at radius 3 is 1.19 bits per heavy atom. The minimum absolute atomic E-state index is 0.0702. The minimum Gasteiger partial charge on any atom is -0.462 e. The van der Waals surface area contributed by atoms with E-state index < -0.39 is 6.10 Å². The van der Waals surface area contributed by atoms with E-state index in [1.807, 2.05) is 0 Å². The van der Waals surface area contributed by atoms with Crippen LogP contribution in [0.15, 0.2) is 85.1 Å². The highest BCUT2D eigenvalue weighted by molar-refractivity contribution is 5.70. The van der Waals surface area contributed by atoms with Gasteiger partial charge in [-0.15, -0.1) is 0 Å². The van der Waals surface area contributed by atoms with Gasteiger partial charge in [0.25, 0.3) is 0 Å². The summed E-state index contributed by atoms with van der Waals surface area (Å²) in [6.07, 6.45) is 68.9. The van der Waals surface area contributed by atoms with Crippen LogP contribution in [0.3, 0.4) is 0 Å². The second kappa shape index (κ2) is 52.4. The summed E-state index contributed by atoms with van der Waals surface area (Å²) < 4.78 is 17.3. The van der Waals surface area contributed by atoms with Gasteiger partial charge < -0.3 is 14.2 Å². The Balaban J connectivity index is 4.17. The van der Waals surface area contributed by atoms with Crippen LogP contribution in [-0.2, 0) is 23.8 Å². The van der Waals surface area contributed by atoms with Crippen molar-refractivity contribution in [3.05, 3.63) is 85.1 Å². The second-order valence-electron chi connectivity index (χ2n) is 17.0. The van der Waals surface area contributed by atoms with Crippen LogP contribution < -0.4 is 0 Å². The SMILES string of the molecule is CC/C=C\C/C=C\C/C=C\C/C=C\C/C=C\CCCCCCOCC(COC(=O)CCCCCCCCCCC/C=C\C/C=C\CCCCC)OC(=O)CCCCCCCCC. The molecule has 0 saturated carbocycles. The van der Waals surface area contributed by atoms with E-state index in [0.29, 0.717) is 19.4 Å². The lowest BCUT2D eigenvalue weighted by Crippen LogP contribution is -2.30. The van der Waals surface area contributed by atoms with E-state index in [-0.39, 0.29) is 25.2 Å². The Morgan fingerprint density at radius 1 is 0.371 bits per heavy atom. The Labute approximate surface area is 384 Å². The lowest BCUT2D eigenvalue weighted by Gasteiger charge is -2.18. The molecule has 0 aromatic heterocycles. The fourth-order valence-electron chi connectivity index (χ4n) is 7.04. The summed E-state index contributed by atoms with van der Waals surface area (Å²) in [7, 11) is 0. The van der Waals surface area contributed by atoms with Gasteiger partial charge in [0.05, 0.1) is 6.61 Å². The number of carbonyl (C=O) groups is 2. The molecule has 0 aromatic carbocycles. The van der Waals surface area contributed by atoms with Crippen molar-refractivity contribution in [3.8, 4) is 0 Å². The number of esters is 2. The minimum atomic E-state index is -0.551. The summed E-state index contributed by atoms with van der Waals surface area (Å²) in [6, 6.07) is 0. The van der Waals surface area contributed by atoms with Gasteiger partial charge in [0, 0.05) is 19.4 Å². The second-order valence-corrected chi connectivity index (χ2v) is 17.0. The van der Waals surface area contributed by atoms with Crippen LogP contribution in [-0.4, -0.2) is 37.9 Å². The highest BCUT2D eigenvalue weighted by Crippen LogP contribution is 2.14. The molecule has 0 aliphatic heterocycles. The molecule has 0 N–H and O–H groups in total. The summed E-state index contributed by atoms with van der Waals surface area (Å²) >= 11 is 0. The molecular weight excluding hydrogens is 765 g/mol. The molecule has 0 radical (unpaired) electrons. The van der Waals surface area contributed by atoms with Crippen molar-refractivity contribution in [2.24, 2.45) is 0 Å². The molecule has 0 rings (SSSR count). The Hall–Kier alpha value is -2.92. The van der Waals surface area contributed by atoms with E-state index in [1.54, 1.807) is 0 Å². The molecule has 0 aliphatic rings. The molecule has 1 atom stereocenters. The maximum atomic E-state index is 12.7. The molecule has 356 valence electrons. The van der Waals surface area contributed by atoms with E-state index >= 15 is 0 Å². The normalized spacial score (nSPS) is 12.9. The maximum Gasteiger partial charge on any atom is 0.306 e. The number of allylic oxidation sites excluding steroid dienone is 14. The monoisotopic (exact) mass is 863 g/mol. The average Bonchev–Trinajstić information content (AvgIpc) is 3.27. The molecule has 0 heterocycles. The van der Waals surface area contributed by atoms with Gasteiger partial charge in [-0.1, -0.05) is 215 Å². The fourth-order valence-corrected chi connectivity index (χ4v) is 7.04. The molecule has 1 unspecified atom stereocenters. The van der Waals surface area contributed by atoms with Crippen molar-refractivity contribution in [2.45, 2.75) is 245 Å². The first kappa shape index (κ1) is 59.1. The predicted octanol–water partition coefficient (Wildman–Crippen LogP) is 17.7. The standard InChI is InChI=1S/C57H98O5/c1-4-7-10-13-16-18-20-22-24-26-28-30-32-34-36-38-40-43-46-49-52-60-53-55(62-57(59)51-48-45-41-15-12-9-6-3)54-61-56(58)50-47-44-42-39-37-35-33-31-29-27-25-23-21-19-17-14-11-8-5-2/h7,10,16-19,22-25,28,30,34,36,55H,4-6,8-9,11-15,20-21,26-27,29,31-33,35,37-54H2,1-3H3/b10-7-,18-16-,19-17-,24-22-,25-23-,30-28-,36-34-. The lowest BCUT2D eigenvalue weighted by molar-refractivity contribution is -0.163. The lowest BCUT2D eigenvalue weighted by atomic mass is 10.1. The van der Waals surface area contributed by atoms with Crippen molar-refractivity contribution in [2.75, 3.05) is 19.8 Å². The summed E-state index contributed by atoms with van der Waals surface area (Å²) in [5.41, 5.74) is 0. The third-order valence-electron chi connectivity index (χ3n) is 10.9. The Bertz CT molecular complexity index is 1160. The van der Waals surface area contributed by atoms with E-state index in [2.05, 4.69) is 106 Å². The quantitative estimate of drug-likeness (QED) is 0.0346. The number of rotatable bonds is 47. The Kier molecular flexibility index (Phi) is 50.0. The summed E-state index contributed by atoms with van der Waals surface area (Å²) in [4.78, 5) is 25.3.